The Kier molecular flexibility index (Phi) is 1.97. The van der Waals surface area contributed by atoms with E-state index in [4.69, 9.17) is 10.3 Å². The highest BCUT2D eigenvalue weighted by Gasteiger charge is 2.32. The predicted octanol–water partition coefficient (Wildman–Crippen LogP) is 1.05. The van der Waals surface area contributed by atoms with Gasteiger partial charge in [-0.2, -0.15) is 4.98 Å². The van der Waals surface area contributed by atoms with Gasteiger partial charge >= 0.3 is 0 Å². The molecule has 7 heteroatoms. The van der Waals surface area contributed by atoms with Crippen LogP contribution in [0, 0.1) is 0 Å². The Bertz CT molecular complexity index is 580. The standard InChI is InChI=1S/C11H14N6O/c12-10-9(6-1-2-6)17(16-14-10)5-8-13-11(18-15-8)7-3-4-7/h6-7H,1-5,12H2. The highest BCUT2D eigenvalue weighted by Crippen LogP contribution is 2.42. The van der Waals surface area contributed by atoms with Crippen molar-refractivity contribution in [1.29, 1.82) is 0 Å². The number of hydrogen-bond acceptors (Lipinski definition) is 6. The zero-order valence-electron chi connectivity index (χ0n) is 9.91. The summed E-state index contributed by atoms with van der Waals surface area (Å²) in [5, 5.41) is 12.0. The van der Waals surface area contributed by atoms with Crippen molar-refractivity contribution < 1.29 is 4.52 Å². The molecule has 7 nitrogen and oxygen atoms in total. The first-order valence-electron chi connectivity index (χ1n) is 6.32. The smallest absolute Gasteiger partial charge is 0.229 e. The van der Waals surface area contributed by atoms with Crippen LogP contribution in [0.4, 0.5) is 5.82 Å². The molecule has 0 radical (unpaired) electrons. The molecular weight excluding hydrogens is 232 g/mol. The lowest BCUT2D eigenvalue weighted by atomic mass is 10.3. The van der Waals surface area contributed by atoms with Crippen LogP contribution in [0.15, 0.2) is 4.52 Å². The molecule has 2 aromatic heterocycles. The van der Waals surface area contributed by atoms with Gasteiger partial charge < -0.3 is 10.3 Å². The third-order valence-corrected chi connectivity index (χ3v) is 3.47. The van der Waals surface area contributed by atoms with Crippen LogP contribution < -0.4 is 5.73 Å². The first-order valence-corrected chi connectivity index (χ1v) is 6.32. The molecule has 2 N–H and O–H groups in total. The number of hydrogen-bond donors (Lipinski definition) is 1. The molecule has 2 heterocycles. The summed E-state index contributed by atoms with van der Waals surface area (Å²) in [4.78, 5) is 4.39. The van der Waals surface area contributed by atoms with Gasteiger partial charge in [0.15, 0.2) is 11.6 Å². The molecule has 2 fully saturated rings. The van der Waals surface area contributed by atoms with Crippen molar-refractivity contribution in [3.05, 3.63) is 17.4 Å². The van der Waals surface area contributed by atoms with E-state index in [0.29, 0.717) is 30.0 Å². The summed E-state index contributed by atoms with van der Waals surface area (Å²) >= 11 is 0. The summed E-state index contributed by atoms with van der Waals surface area (Å²) in [7, 11) is 0. The predicted molar refractivity (Wildman–Crippen MR) is 61.8 cm³/mol. The van der Waals surface area contributed by atoms with Gasteiger partial charge in [0.25, 0.3) is 0 Å². The Morgan fingerprint density at radius 3 is 2.72 bits per heavy atom. The van der Waals surface area contributed by atoms with Crippen LogP contribution in [0.5, 0.6) is 0 Å². The third kappa shape index (κ3) is 1.66. The number of nitrogens with two attached hydrogens (primary N) is 1. The van der Waals surface area contributed by atoms with E-state index in [9.17, 15) is 0 Å². The lowest BCUT2D eigenvalue weighted by Gasteiger charge is -2.01. The van der Waals surface area contributed by atoms with Crippen molar-refractivity contribution in [3.8, 4) is 0 Å². The zero-order valence-corrected chi connectivity index (χ0v) is 9.91. The molecule has 0 saturated heterocycles. The van der Waals surface area contributed by atoms with Crippen LogP contribution in [0.25, 0.3) is 0 Å². The summed E-state index contributed by atoms with van der Waals surface area (Å²) in [6.45, 7) is 0.492. The average molecular weight is 246 g/mol. The van der Waals surface area contributed by atoms with Gasteiger partial charge in [0, 0.05) is 11.8 Å². The van der Waals surface area contributed by atoms with Gasteiger partial charge in [-0.25, -0.2) is 4.68 Å². The summed E-state index contributed by atoms with van der Waals surface area (Å²) in [6.07, 6.45) is 4.64. The minimum atomic E-state index is 0.481. The largest absolute Gasteiger partial charge is 0.381 e. The molecule has 0 aliphatic heterocycles. The Morgan fingerprint density at radius 2 is 2.00 bits per heavy atom. The van der Waals surface area contributed by atoms with Crippen LogP contribution in [0.2, 0.25) is 0 Å². The van der Waals surface area contributed by atoms with E-state index in [2.05, 4.69) is 20.5 Å². The second-order valence-corrected chi connectivity index (χ2v) is 5.11. The molecule has 2 aliphatic carbocycles. The second-order valence-electron chi connectivity index (χ2n) is 5.11. The minimum Gasteiger partial charge on any atom is -0.381 e. The van der Waals surface area contributed by atoms with E-state index in [1.54, 1.807) is 4.68 Å². The van der Waals surface area contributed by atoms with Crippen molar-refractivity contribution in [1.82, 2.24) is 25.1 Å². The van der Waals surface area contributed by atoms with Gasteiger partial charge in [0.05, 0.1) is 5.69 Å². The third-order valence-electron chi connectivity index (χ3n) is 3.47. The highest BCUT2D eigenvalue weighted by atomic mass is 16.5. The normalized spacial score (nSPS) is 19.3. The molecule has 18 heavy (non-hydrogen) atoms. The molecule has 2 aliphatic rings. The topological polar surface area (TPSA) is 95.7 Å². The van der Waals surface area contributed by atoms with E-state index >= 15 is 0 Å². The molecule has 2 saturated carbocycles. The molecule has 0 amide bonds. The van der Waals surface area contributed by atoms with Crippen LogP contribution in [0.1, 0.15) is 54.9 Å². The van der Waals surface area contributed by atoms with E-state index in [-0.39, 0.29) is 0 Å². The maximum atomic E-state index is 5.84. The first-order chi connectivity index (χ1) is 8.81. The zero-order chi connectivity index (χ0) is 12.1. The molecule has 0 atom stereocenters. The first kappa shape index (κ1) is 10.0. The quantitative estimate of drug-likeness (QED) is 0.866. The van der Waals surface area contributed by atoms with Gasteiger partial charge in [-0.1, -0.05) is 10.4 Å². The summed E-state index contributed by atoms with van der Waals surface area (Å²) in [5.41, 5.74) is 6.86. The SMILES string of the molecule is Nc1nnn(Cc2noc(C3CC3)n2)c1C1CC1. The summed E-state index contributed by atoms with van der Waals surface area (Å²) in [5.74, 6) is 2.93. The Balaban J connectivity index is 1.59. The number of nitrogen functional groups attached to an aromatic ring is 1. The van der Waals surface area contributed by atoms with Crippen LogP contribution in [0.3, 0.4) is 0 Å². The summed E-state index contributed by atoms with van der Waals surface area (Å²) < 4.78 is 7.03. The van der Waals surface area contributed by atoms with Gasteiger partial charge in [-0.15, -0.1) is 5.10 Å². The Labute approximate surface area is 103 Å². The highest BCUT2D eigenvalue weighted by molar-refractivity contribution is 5.38. The van der Waals surface area contributed by atoms with Crippen molar-refractivity contribution in [2.24, 2.45) is 0 Å². The molecule has 0 aromatic carbocycles. The fourth-order valence-corrected chi connectivity index (χ4v) is 2.19. The van der Waals surface area contributed by atoms with Crippen molar-refractivity contribution in [2.45, 2.75) is 44.1 Å². The lowest BCUT2D eigenvalue weighted by molar-refractivity contribution is 0.371. The average Bonchev–Trinajstić information content (AvgIpc) is 3.28. The van der Waals surface area contributed by atoms with E-state index in [1.807, 2.05) is 0 Å². The van der Waals surface area contributed by atoms with Crippen molar-refractivity contribution in [3.63, 3.8) is 0 Å². The number of nitrogens with zero attached hydrogens (tertiary/aromatic N) is 5. The molecule has 2 aromatic rings. The number of rotatable bonds is 4. The lowest BCUT2D eigenvalue weighted by Crippen LogP contribution is -2.08. The Hall–Kier alpha value is -1.92. The van der Waals surface area contributed by atoms with Crippen LogP contribution in [-0.4, -0.2) is 25.1 Å². The van der Waals surface area contributed by atoms with Crippen LogP contribution in [-0.2, 0) is 6.54 Å². The molecule has 94 valence electrons. The number of aromatic nitrogens is 5. The summed E-state index contributed by atoms with van der Waals surface area (Å²) in [6, 6.07) is 0. The molecule has 0 unspecified atom stereocenters. The monoisotopic (exact) mass is 246 g/mol. The van der Waals surface area contributed by atoms with E-state index < -0.39 is 0 Å². The van der Waals surface area contributed by atoms with Gasteiger partial charge in [0.1, 0.15) is 6.54 Å². The number of anilines is 1. The molecule has 0 bridgehead atoms. The fraction of sp³-hybridized carbons (Fsp3) is 0.636. The van der Waals surface area contributed by atoms with E-state index in [0.717, 1.165) is 37.3 Å². The minimum absolute atomic E-state index is 0.481. The van der Waals surface area contributed by atoms with Crippen molar-refractivity contribution in [2.75, 3.05) is 5.73 Å². The van der Waals surface area contributed by atoms with Gasteiger partial charge in [0.2, 0.25) is 5.89 Å². The van der Waals surface area contributed by atoms with Crippen molar-refractivity contribution >= 4 is 5.82 Å². The maximum Gasteiger partial charge on any atom is 0.229 e. The van der Waals surface area contributed by atoms with Gasteiger partial charge in [-0.3, -0.25) is 0 Å². The molecular formula is C11H14N6O. The fourth-order valence-electron chi connectivity index (χ4n) is 2.19. The van der Waals surface area contributed by atoms with Crippen LogP contribution >= 0.6 is 0 Å². The molecule has 0 spiro atoms. The Morgan fingerprint density at radius 1 is 1.22 bits per heavy atom. The second kappa shape index (κ2) is 3.54. The van der Waals surface area contributed by atoms with E-state index in [1.165, 1.54) is 0 Å². The molecule has 4 rings (SSSR count). The maximum absolute atomic E-state index is 5.84. The van der Waals surface area contributed by atoms with Gasteiger partial charge in [-0.05, 0) is 25.7 Å².